The summed E-state index contributed by atoms with van der Waals surface area (Å²) >= 11 is 3.87. The van der Waals surface area contributed by atoms with Crippen LogP contribution in [0.2, 0.25) is 5.04 Å². The lowest BCUT2D eigenvalue weighted by Crippen LogP contribution is -2.67. The summed E-state index contributed by atoms with van der Waals surface area (Å²) in [6, 6.07) is 21.5. The lowest BCUT2D eigenvalue weighted by Gasteiger charge is -2.53. The number of esters is 1. The Morgan fingerprint density at radius 2 is 1.50 bits per heavy atom. The van der Waals surface area contributed by atoms with Crippen LogP contribution in [0.1, 0.15) is 87.5 Å². The predicted molar refractivity (Wildman–Crippen MR) is 192 cm³/mol. The van der Waals surface area contributed by atoms with Crippen molar-refractivity contribution in [1.29, 1.82) is 0 Å². The van der Waals surface area contributed by atoms with Crippen LogP contribution in [0.25, 0.3) is 0 Å². The first-order valence-corrected chi connectivity index (χ1v) is 20.7. The second kappa shape index (κ2) is 13.5. The summed E-state index contributed by atoms with van der Waals surface area (Å²) in [6.07, 6.45) is 1.77. The Bertz CT molecular complexity index is 1280. The third-order valence-electron chi connectivity index (χ3n) is 9.92. The number of hydrogen-bond donors (Lipinski definition) is 1. The first-order valence-electron chi connectivity index (χ1n) is 16.8. The van der Waals surface area contributed by atoms with E-state index in [9.17, 15) is 9.90 Å². The zero-order valence-corrected chi connectivity index (χ0v) is 31.6. The van der Waals surface area contributed by atoms with Gasteiger partial charge in [-0.3, -0.25) is 4.79 Å². The van der Waals surface area contributed by atoms with Crippen LogP contribution < -0.4 is 10.4 Å². The number of cyclic esters (lactones) is 1. The zero-order valence-electron chi connectivity index (χ0n) is 29.0. The van der Waals surface area contributed by atoms with Gasteiger partial charge in [0.2, 0.25) is 0 Å². The Labute approximate surface area is 286 Å². The van der Waals surface area contributed by atoms with Crippen molar-refractivity contribution < 1.29 is 28.5 Å². The molecule has 0 spiro atoms. The summed E-state index contributed by atoms with van der Waals surface area (Å²) in [4.78, 5) is 13.1. The van der Waals surface area contributed by atoms with Crippen LogP contribution in [0, 0.1) is 5.41 Å². The molecule has 2 aromatic rings. The molecule has 0 radical (unpaired) electrons. The summed E-state index contributed by atoms with van der Waals surface area (Å²) < 4.78 is 25.1. The lowest BCUT2D eigenvalue weighted by molar-refractivity contribution is -0.176. The highest BCUT2D eigenvalue weighted by atomic mass is 32.2. The topological polar surface area (TPSA) is 74.2 Å². The molecule has 0 amide bonds. The van der Waals surface area contributed by atoms with Gasteiger partial charge in [-0.15, -0.1) is 23.5 Å². The highest BCUT2D eigenvalue weighted by Gasteiger charge is 2.57. The van der Waals surface area contributed by atoms with E-state index in [4.69, 9.17) is 18.6 Å². The fourth-order valence-electron chi connectivity index (χ4n) is 7.71. The van der Waals surface area contributed by atoms with Crippen molar-refractivity contribution in [1.82, 2.24) is 0 Å². The quantitative estimate of drug-likeness (QED) is 0.214. The molecule has 3 heterocycles. The molecule has 5 rings (SSSR count). The Morgan fingerprint density at radius 3 is 2.00 bits per heavy atom. The van der Waals surface area contributed by atoms with Crippen LogP contribution in [0.5, 0.6) is 0 Å². The summed E-state index contributed by atoms with van der Waals surface area (Å²) in [7, 11) is -2.77. The van der Waals surface area contributed by atoms with E-state index in [1.807, 2.05) is 44.3 Å². The molecule has 0 saturated carbocycles. The van der Waals surface area contributed by atoms with Gasteiger partial charge < -0.3 is 23.7 Å². The van der Waals surface area contributed by atoms with Crippen molar-refractivity contribution in [3.63, 3.8) is 0 Å². The van der Waals surface area contributed by atoms with Crippen molar-refractivity contribution in [2.24, 2.45) is 5.41 Å². The molecular formula is C37H54O6S2Si. The molecule has 4 atom stereocenters. The molecule has 3 aliphatic rings. The highest BCUT2D eigenvalue weighted by molar-refractivity contribution is 8.18. The molecule has 0 bridgehead atoms. The molecule has 46 heavy (non-hydrogen) atoms. The number of carbonyl (C=O) groups is 1. The number of thioether (sulfide) groups is 2. The van der Waals surface area contributed by atoms with E-state index in [1.54, 1.807) is 0 Å². The van der Waals surface area contributed by atoms with Crippen LogP contribution in [0.15, 0.2) is 60.7 Å². The van der Waals surface area contributed by atoms with Gasteiger partial charge in [-0.25, -0.2) is 0 Å². The minimum absolute atomic E-state index is 0.00108. The molecule has 9 heteroatoms. The summed E-state index contributed by atoms with van der Waals surface area (Å²) in [5, 5.41) is 14.7. The minimum atomic E-state index is -2.77. The van der Waals surface area contributed by atoms with Crippen LogP contribution in [0.3, 0.4) is 0 Å². The number of rotatable bonds is 10. The first kappa shape index (κ1) is 36.0. The van der Waals surface area contributed by atoms with Crippen molar-refractivity contribution in [2.45, 2.75) is 126 Å². The van der Waals surface area contributed by atoms with E-state index in [0.29, 0.717) is 25.9 Å². The zero-order chi connectivity index (χ0) is 33.4. The van der Waals surface area contributed by atoms with Crippen molar-refractivity contribution in [3.05, 3.63) is 60.7 Å². The van der Waals surface area contributed by atoms with Crippen molar-refractivity contribution in [3.8, 4) is 0 Å². The Balaban J connectivity index is 1.43. The van der Waals surface area contributed by atoms with Crippen LogP contribution in [0.4, 0.5) is 0 Å². The molecule has 6 nitrogen and oxygen atoms in total. The van der Waals surface area contributed by atoms with E-state index in [1.165, 1.54) is 10.4 Å². The summed E-state index contributed by atoms with van der Waals surface area (Å²) in [5.41, 5.74) is -1.52. The van der Waals surface area contributed by atoms with Crippen molar-refractivity contribution in [2.75, 3.05) is 18.1 Å². The minimum Gasteiger partial charge on any atom is -0.462 e. The van der Waals surface area contributed by atoms with Gasteiger partial charge in [-0.05, 0) is 54.1 Å². The Kier molecular flexibility index (Phi) is 10.6. The molecule has 1 N–H and O–H groups in total. The molecule has 254 valence electrons. The monoisotopic (exact) mass is 686 g/mol. The number of ether oxygens (including phenoxy) is 3. The van der Waals surface area contributed by atoms with E-state index in [2.05, 4.69) is 95.3 Å². The first-order chi connectivity index (χ1) is 21.5. The fourth-order valence-corrected chi connectivity index (χ4v) is 16.3. The third-order valence-corrected chi connectivity index (χ3v) is 18.9. The molecule has 1 unspecified atom stereocenters. The molecule has 0 aromatic heterocycles. The van der Waals surface area contributed by atoms with Gasteiger partial charge in [0, 0.05) is 31.3 Å². The number of benzene rings is 2. The second-order valence-electron chi connectivity index (χ2n) is 15.6. The number of hydrogen-bond acceptors (Lipinski definition) is 8. The van der Waals surface area contributed by atoms with Crippen molar-refractivity contribution >= 4 is 48.2 Å². The largest absolute Gasteiger partial charge is 0.462 e. The lowest BCUT2D eigenvalue weighted by atomic mass is 9.77. The van der Waals surface area contributed by atoms with E-state index >= 15 is 0 Å². The van der Waals surface area contributed by atoms with Gasteiger partial charge in [0.25, 0.3) is 8.32 Å². The van der Waals surface area contributed by atoms with Gasteiger partial charge in [-0.1, -0.05) is 95.3 Å². The number of aliphatic hydroxyl groups is 1. The normalized spacial score (nSPS) is 28.5. The van der Waals surface area contributed by atoms with Gasteiger partial charge in [0.05, 0.1) is 28.3 Å². The molecule has 3 fully saturated rings. The van der Waals surface area contributed by atoms with E-state index in [-0.39, 0.29) is 39.1 Å². The smallest absolute Gasteiger partial charge is 0.308 e. The molecular weight excluding hydrogens is 633 g/mol. The fraction of sp³-hybridized carbons (Fsp3) is 0.649. The SMILES string of the molecule is C[C@H]1OC(C)(C)O[C@@H]1C[C@@H]1CC(O)(CC2(C(C)(C)CO[Si](c3ccccc3)(c3ccccc3)C(C)(C)C)SCCCS2)CC(=O)O1. The van der Waals surface area contributed by atoms with E-state index < -0.39 is 25.8 Å². The van der Waals surface area contributed by atoms with Gasteiger partial charge in [-0.2, -0.15) is 0 Å². The highest BCUT2D eigenvalue weighted by Crippen LogP contribution is 2.59. The average Bonchev–Trinajstić information content (AvgIpc) is 3.23. The van der Waals surface area contributed by atoms with Gasteiger partial charge in [0.1, 0.15) is 6.10 Å². The van der Waals surface area contributed by atoms with Gasteiger partial charge >= 0.3 is 5.97 Å². The second-order valence-corrected chi connectivity index (χ2v) is 23.0. The molecule has 0 aliphatic carbocycles. The van der Waals surface area contributed by atoms with Crippen LogP contribution in [-0.2, 0) is 23.4 Å². The summed E-state index contributed by atoms with van der Waals surface area (Å²) in [5.74, 6) is 1.01. The maximum absolute atomic E-state index is 13.1. The Hall–Kier alpha value is -1.33. The maximum atomic E-state index is 13.1. The van der Waals surface area contributed by atoms with Crippen LogP contribution >= 0.6 is 23.5 Å². The molecule has 3 aliphatic heterocycles. The third kappa shape index (κ3) is 7.46. The summed E-state index contributed by atoms with van der Waals surface area (Å²) in [6.45, 7) is 17.9. The van der Waals surface area contributed by atoms with Gasteiger partial charge in [0.15, 0.2) is 5.79 Å². The number of carbonyl (C=O) groups excluding carboxylic acids is 1. The Morgan fingerprint density at radius 1 is 0.935 bits per heavy atom. The standard InChI is InChI=1S/C37H54O6S2Si/c1-27-31(43-35(7,8)42-27)22-28-23-36(39,24-32(38)41-28)25-37(44-20-15-21-45-37)34(5,6)26-40-46(33(2,3)4,29-16-11-9-12-17-29)30-18-13-10-14-19-30/h9-14,16-19,27-28,31,39H,15,20-26H2,1-8H3/t27-,28-,31-,36?/m1/s1. The average molecular weight is 687 g/mol. The molecule has 2 aromatic carbocycles. The maximum Gasteiger partial charge on any atom is 0.308 e. The van der Waals surface area contributed by atoms with E-state index in [0.717, 1.165) is 17.9 Å². The van der Waals surface area contributed by atoms with Crippen LogP contribution in [-0.4, -0.2) is 71.3 Å². The molecule has 3 saturated heterocycles. The predicted octanol–water partition coefficient (Wildman–Crippen LogP) is 6.91.